The Balaban J connectivity index is 2.04. The normalized spacial score (nSPS) is 17.6. The Kier molecular flexibility index (Phi) is 3.49. The van der Waals surface area contributed by atoms with E-state index < -0.39 is 5.38 Å². The molecule has 2 nitrogen and oxygen atoms in total. The Labute approximate surface area is 101 Å². The minimum atomic E-state index is -0.549. The average molecular weight is 238 g/mol. The van der Waals surface area contributed by atoms with Crippen molar-refractivity contribution in [1.82, 2.24) is 4.90 Å². The zero-order chi connectivity index (χ0) is 11.5. The highest BCUT2D eigenvalue weighted by Gasteiger charge is 2.29. The standard InChI is InChI=1S/C13H16ClNO/c1-15(11-8-5-9-11)13(16)12(14)10-6-3-2-4-7-10/h2-4,6-7,11-12H,5,8-9H2,1H3. The molecular weight excluding hydrogens is 222 g/mol. The Morgan fingerprint density at radius 3 is 2.50 bits per heavy atom. The quantitative estimate of drug-likeness (QED) is 0.741. The SMILES string of the molecule is CN(C(=O)C(Cl)c1ccccc1)C1CCC1. The van der Waals surface area contributed by atoms with Crippen LogP contribution >= 0.6 is 11.6 Å². The molecule has 0 aliphatic heterocycles. The van der Waals surface area contributed by atoms with Crippen LogP contribution in [0.3, 0.4) is 0 Å². The molecule has 2 rings (SSSR count). The van der Waals surface area contributed by atoms with Gasteiger partial charge in [-0.25, -0.2) is 0 Å². The molecule has 1 aromatic carbocycles. The molecule has 1 fully saturated rings. The summed E-state index contributed by atoms with van der Waals surface area (Å²) in [5.74, 6) is 0.0116. The van der Waals surface area contributed by atoms with Crippen molar-refractivity contribution in [3.63, 3.8) is 0 Å². The van der Waals surface area contributed by atoms with Gasteiger partial charge in [0.1, 0.15) is 5.38 Å². The molecule has 0 radical (unpaired) electrons. The molecule has 1 unspecified atom stereocenters. The van der Waals surface area contributed by atoms with E-state index >= 15 is 0 Å². The summed E-state index contributed by atoms with van der Waals surface area (Å²) in [6, 6.07) is 9.92. The fourth-order valence-electron chi connectivity index (χ4n) is 1.90. The molecule has 3 heteroatoms. The molecule has 1 atom stereocenters. The molecule has 0 spiro atoms. The summed E-state index contributed by atoms with van der Waals surface area (Å²) in [7, 11) is 1.85. The molecule has 0 bridgehead atoms. The van der Waals surface area contributed by atoms with Crippen molar-refractivity contribution < 1.29 is 4.79 Å². The van der Waals surface area contributed by atoms with E-state index in [1.165, 1.54) is 6.42 Å². The lowest BCUT2D eigenvalue weighted by molar-refractivity contribution is -0.133. The lowest BCUT2D eigenvalue weighted by Gasteiger charge is -2.35. The van der Waals surface area contributed by atoms with Crippen LogP contribution in [0.5, 0.6) is 0 Å². The number of carbonyl (C=O) groups excluding carboxylic acids is 1. The first-order chi connectivity index (χ1) is 7.70. The van der Waals surface area contributed by atoms with Crippen molar-refractivity contribution in [1.29, 1.82) is 0 Å². The number of hydrogen-bond acceptors (Lipinski definition) is 1. The van der Waals surface area contributed by atoms with Crippen LogP contribution < -0.4 is 0 Å². The first kappa shape index (κ1) is 11.5. The minimum absolute atomic E-state index is 0.0116. The maximum atomic E-state index is 12.1. The Morgan fingerprint density at radius 2 is 2.00 bits per heavy atom. The highest BCUT2D eigenvalue weighted by Crippen LogP contribution is 2.28. The highest BCUT2D eigenvalue weighted by atomic mass is 35.5. The molecule has 0 heterocycles. The van der Waals surface area contributed by atoms with Gasteiger partial charge in [0.2, 0.25) is 5.91 Å². The molecule has 1 amide bonds. The van der Waals surface area contributed by atoms with Gasteiger partial charge in [0, 0.05) is 13.1 Å². The highest BCUT2D eigenvalue weighted by molar-refractivity contribution is 6.30. The van der Waals surface area contributed by atoms with Gasteiger partial charge < -0.3 is 4.90 Å². The number of amides is 1. The lowest BCUT2D eigenvalue weighted by Crippen LogP contribution is -2.42. The number of nitrogens with zero attached hydrogens (tertiary/aromatic N) is 1. The number of halogens is 1. The monoisotopic (exact) mass is 237 g/mol. The maximum absolute atomic E-state index is 12.1. The molecule has 1 aromatic rings. The lowest BCUT2D eigenvalue weighted by atomic mass is 9.91. The van der Waals surface area contributed by atoms with E-state index in [1.54, 1.807) is 4.90 Å². The molecular formula is C13H16ClNO. The van der Waals surface area contributed by atoms with Gasteiger partial charge in [-0.05, 0) is 24.8 Å². The third-order valence-corrected chi connectivity index (χ3v) is 3.72. The zero-order valence-electron chi connectivity index (χ0n) is 9.40. The van der Waals surface area contributed by atoms with Gasteiger partial charge in [0.15, 0.2) is 0 Å². The molecule has 0 saturated heterocycles. The van der Waals surface area contributed by atoms with Crippen molar-refractivity contribution in [3.05, 3.63) is 35.9 Å². The number of hydrogen-bond donors (Lipinski definition) is 0. The van der Waals surface area contributed by atoms with Gasteiger partial charge >= 0.3 is 0 Å². The minimum Gasteiger partial charge on any atom is -0.341 e. The third-order valence-electron chi connectivity index (χ3n) is 3.28. The van der Waals surface area contributed by atoms with E-state index in [0.717, 1.165) is 18.4 Å². The van der Waals surface area contributed by atoms with Crippen LogP contribution in [0.15, 0.2) is 30.3 Å². The first-order valence-corrected chi connectivity index (χ1v) is 6.09. The third kappa shape index (κ3) is 2.22. The van der Waals surface area contributed by atoms with Crippen molar-refractivity contribution in [2.24, 2.45) is 0 Å². The second-order valence-electron chi connectivity index (χ2n) is 4.31. The van der Waals surface area contributed by atoms with Gasteiger partial charge in [-0.2, -0.15) is 0 Å². The number of likely N-dealkylation sites (N-methyl/N-ethyl adjacent to an activating group) is 1. The fourth-order valence-corrected chi connectivity index (χ4v) is 2.20. The predicted octanol–water partition coefficient (Wildman–Crippen LogP) is 2.98. The molecule has 1 aliphatic rings. The number of alkyl halides is 1. The van der Waals surface area contributed by atoms with Gasteiger partial charge in [-0.1, -0.05) is 30.3 Å². The summed E-state index contributed by atoms with van der Waals surface area (Å²) in [6.45, 7) is 0. The van der Waals surface area contributed by atoms with Crippen LogP contribution in [0.2, 0.25) is 0 Å². The van der Waals surface area contributed by atoms with E-state index in [0.29, 0.717) is 6.04 Å². The number of benzene rings is 1. The molecule has 0 N–H and O–H groups in total. The number of carbonyl (C=O) groups is 1. The van der Waals surface area contributed by atoms with Crippen molar-refractivity contribution >= 4 is 17.5 Å². The van der Waals surface area contributed by atoms with E-state index in [2.05, 4.69) is 0 Å². The summed E-state index contributed by atoms with van der Waals surface area (Å²) in [5, 5.41) is -0.549. The van der Waals surface area contributed by atoms with Crippen molar-refractivity contribution in [3.8, 4) is 0 Å². The average Bonchev–Trinajstić information content (AvgIpc) is 2.26. The van der Waals surface area contributed by atoms with Gasteiger partial charge in [-0.15, -0.1) is 11.6 Å². The van der Waals surface area contributed by atoms with Crippen LogP contribution in [-0.4, -0.2) is 23.9 Å². The van der Waals surface area contributed by atoms with Crippen LogP contribution in [0, 0.1) is 0 Å². The number of rotatable bonds is 3. The van der Waals surface area contributed by atoms with Gasteiger partial charge in [0.05, 0.1) is 0 Å². The Hall–Kier alpha value is -1.02. The van der Waals surface area contributed by atoms with Crippen LogP contribution in [0.25, 0.3) is 0 Å². The molecule has 0 aromatic heterocycles. The topological polar surface area (TPSA) is 20.3 Å². The second kappa shape index (κ2) is 4.88. The van der Waals surface area contributed by atoms with Crippen LogP contribution in [-0.2, 0) is 4.79 Å². The summed E-state index contributed by atoms with van der Waals surface area (Å²) < 4.78 is 0. The van der Waals surface area contributed by atoms with Gasteiger partial charge in [-0.3, -0.25) is 4.79 Å². The largest absolute Gasteiger partial charge is 0.341 e. The van der Waals surface area contributed by atoms with Crippen molar-refractivity contribution in [2.75, 3.05) is 7.05 Å². The molecule has 1 saturated carbocycles. The first-order valence-electron chi connectivity index (χ1n) is 5.66. The van der Waals surface area contributed by atoms with E-state index in [4.69, 9.17) is 11.6 Å². The van der Waals surface area contributed by atoms with Crippen LogP contribution in [0.4, 0.5) is 0 Å². The predicted molar refractivity (Wildman–Crippen MR) is 65.4 cm³/mol. The smallest absolute Gasteiger partial charge is 0.245 e. The van der Waals surface area contributed by atoms with E-state index in [1.807, 2.05) is 37.4 Å². The molecule has 1 aliphatic carbocycles. The Morgan fingerprint density at radius 1 is 1.38 bits per heavy atom. The second-order valence-corrected chi connectivity index (χ2v) is 4.74. The summed E-state index contributed by atoms with van der Waals surface area (Å²) in [6.07, 6.45) is 3.45. The zero-order valence-corrected chi connectivity index (χ0v) is 10.2. The van der Waals surface area contributed by atoms with Crippen LogP contribution in [0.1, 0.15) is 30.2 Å². The summed E-state index contributed by atoms with van der Waals surface area (Å²) in [5.41, 5.74) is 0.875. The molecule has 16 heavy (non-hydrogen) atoms. The van der Waals surface area contributed by atoms with E-state index in [-0.39, 0.29) is 5.91 Å². The molecule has 86 valence electrons. The van der Waals surface area contributed by atoms with Crippen molar-refractivity contribution in [2.45, 2.75) is 30.7 Å². The Bertz CT molecular complexity index is 361. The maximum Gasteiger partial charge on any atom is 0.245 e. The fraction of sp³-hybridized carbons (Fsp3) is 0.462. The summed E-state index contributed by atoms with van der Waals surface area (Å²) in [4.78, 5) is 13.9. The van der Waals surface area contributed by atoms with E-state index in [9.17, 15) is 4.79 Å². The summed E-state index contributed by atoms with van der Waals surface area (Å²) >= 11 is 6.19. The van der Waals surface area contributed by atoms with Gasteiger partial charge in [0.25, 0.3) is 0 Å².